The van der Waals surface area contributed by atoms with E-state index in [-0.39, 0.29) is 19.0 Å². The van der Waals surface area contributed by atoms with Crippen molar-refractivity contribution in [2.75, 3.05) is 19.6 Å². The largest absolute Gasteiger partial charge is 0.350 e. The van der Waals surface area contributed by atoms with Gasteiger partial charge in [0.1, 0.15) is 0 Å². The van der Waals surface area contributed by atoms with E-state index in [2.05, 4.69) is 23.7 Å². The van der Waals surface area contributed by atoms with Gasteiger partial charge in [-0.05, 0) is 55.8 Å². The summed E-state index contributed by atoms with van der Waals surface area (Å²) in [5, 5.41) is 3.05. The molecule has 1 atom stereocenters. The molecule has 1 N–H and O–H groups in total. The molecule has 7 heteroatoms. The molecule has 1 aromatic heterocycles. The van der Waals surface area contributed by atoms with Crippen molar-refractivity contribution in [3.05, 3.63) is 93.0 Å². The van der Waals surface area contributed by atoms with Crippen LogP contribution in [0, 0.1) is 0 Å². The first kappa shape index (κ1) is 22.7. The van der Waals surface area contributed by atoms with Crippen molar-refractivity contribution in [1.29, 1.82) is 0 Å². The van der Waals surface area contributed by atoms with Crippen molar-refractivity contribution in [3.63, 3.8) is 0 Å². The fourth-order valence-electron chi connectivity index (χ4n) is 4.64. The maximum atomic E-state index is 12.8. The van der Waals surface area contributed by atoms with E-state index in [0.717, 1.165) is 25.1 Å². The van der Waals surface area contributed by atoms with Gasteiger partial charge in [-0.25, -0.2) is 0 Å². The third-order valence-electron chi connectivity index (χ3n) is 6.41. The molecular formula is C26H30N4O3. The number of carbonyl (C=O) groups excluding carboxylic acids is 1. The smallest absolute Gasteiger partial charge is 0.317 e. The maximum Gasteiger partial charge on any atom is 0.317 e. The Morgan fingerprint density at radius 2 is 1.73 bits per heavy atom. The number of fused-ring (bicyclic) bond motifs is 1. The van der Waals surface area contributed by atoms with E-state index in [1.54, 1.807) is 18.2 Å². The second-order valence-corrected chi connectivity index (χ2v) is 8.42. The molecule has 1 aliphatic rings. The SMILES string of the molecule is C=CCn1c(=O)c(=O)n(Cc2ccc(C(=O)NC[C@@H]3CCCN3CC)cc2)c2ccccc21. The monoisotopic (exact) mass is 446 g/mol. The van der Waals surface area contributed by atoms with Gasteiger partial charge in [0.05, 0.1) is 17.6 Å². The van der Waals surface area contributed by atoms with Gasteiger partial charge in [0.2, 0.25) is 0 Å². The summed E-state index contributed by atoms with van der Waals surface area (Å²) < 4.78 is 2.93. The topological polar surface area (TPSA) is 76.3 Å². The van der Waals surface area contributed by atoms with Gasteiger partial charge < -0.3 is 5.32 Å². The summed E-state index contributed by atoms with van der Waals surface area (Å²) in [6, 6.07) is 15.0. The molecule has 2 aromatic carbocycles. The van der Waals surface area contributed by atoms with E-state index in [4.69, 9.17) is 0 Å². The number of nitrogens with zero attached hydrogens (tertiary/aromatic N) is 3. The van der Waals surface area contributed by atoms with Gasteiger partial charge in [-0.15, -0.1) is 6.58 Å². The van der Waals surface area contributed by atoms with Crippen LogP contribution in [0.3, 0.4) is 0 Å². The first-order chi connectivity index (χ1) is 16.0. The summed E-state index contributed by atoms with van der Waals surface area (Å²) in [6.07, 6.45) is 3.89. The second kappa shape index (κ2) is 10.0. The summed E-state index contributed by atoms with van der Waals surface area (Å²) in [4.78, 5) is 40.5. The lowest BCUT2D eigenvalue weighted by Gasteiger charge is -2.22. The summed E-state index contributed by atoms with van der Waals surface area (Å²) >= 11 is 0. The summed E-state index contributed by atoms with van der Waals surface area (Å²) in [6.45, 7) is 9.10. The first-order valence-corrected chi connectivity index (χ1v) is 11.5. The van der Waals surface area contributed by atoms with Crippen LogP contribution in [0.2, 0.25) is 0 Å². The van der Waals surface area contributed by atoms with Crippen molar-refractivity contribution in [2.45, 2.75) is 38.9 Å². The van der Waals surface area contributed by atoms with E-state index < -0.39 is 11.1 Å². The van der Waals surface area contributed by atoms with Crippen LogP contribution in [0.4, 0.5) is 0 Å². The van der Waals surface area contributed by atoms with Crippen LogP contribution >= 0.6 is 0 Å². The van der Waals surface area contributed by atoms with Crippen LogP contribution in [0.25, 0.3) is 11.0 Å². The average molecular weight is 447 g/mol. The van der Waals surface area contributed by atoms with Gasteiger partial charge in [0, 0.05) is 24.7 Å². The molecule has 1 fully saturated rings. The van der Waals surface area contributed by atoms with E-state index >= 15 is 0 Å². The number of likely N-dealkylation sites (tertiary alicyclic amines) is 1. The number of allylic oxidation sites excluding steroid dienone is 1. The normalized spacial score (nSPS) is 16.2. The third-order valence-corrected chi connectivity index (χ3v) is 6.41. The fraction of sp³-hybridized carbons (Fsp3) is 0.346. The Bertz CT molecular complexity index is 1270. The predicted molar refractivity (Wildman–Crippen MR) is 131 cm³/mol. The van der Waals surface area contributed by atoms with Crippen LogP contribution in [-0.2, 0) is 13.1 Å². The van der Waals surface area contributed by atoms with E-state index in [0.29, 0.717) is 29.2 Å². The van der Waals surface area contributed by atoms with Crippen LogP contribution in [0.5, 0.6) is 0 Å². The van der Waals surface area contributed by atoms with Crippen molar-refractivity contribution < 1.29 is 4.79 Å². The van der Waals surface area contributed by atoms with Crippen LogP contribution < -0.4 is 16.4 Å². The number of hydrogen-bond donors (Lipinski definition) is 1. The third kappa shape index (κ3) is 4.68. The number of amides is 1. The zero-order valence-electron chi connectivity index (χ0n) is 19.0. The van der Waals surface area contributed by atoms with Crippen molar-refractivity contribution in [3.8, 4) is 0 Å². The van der Waals surface area contributed by atoms with Crippen LogP contribution in [0.15, 0.2) is 70.8 Å². The molecule has 4 rings (SSSR count). The van der Waals surface area contributed by atoms with Gasteiger partial charge in [-0.2, -0.15) is 0 Å². The quantitative estimate of drug-likeness (QED) is 0.426. The van der Waals surface area contributed by atoms with E-state index in [9.17, 15) is 14.4 Å². The van der Waals surface area contributed by atoms with Crippen LogP contribution in [-0.4, -0.2) is 45.6 Å². The van der Waals surface area contributed by atoms with Gasteiger partial charge in [0.15, 0.2) is 0 Å². The van der Waals surface area contributed by atoms with Crippen molar-refractivity contribution in [2.24, 2.45) is 0 Å². The lowest BCUT2D eigenvalue weighted by molar-refractivity contribution is 0.0941. The number of hydrogen-bond acceptors (Lipinski definition) is 4. The highest BCUT2D eigenvalue weighted by molar-refractivity contribution is 5.94. The number of aromatic nitrogens is 2. The molecular weight excluding hydrogens is 416 g/mol. The van der Waals surface area contributed by atoms with E-state index in [1.165, 1.54) is 15.6 Å². The molecule has 7 nitrogen and oxygen atoms in total. The van der Waals surface area contributed by atoms with Crippen molar-refractivity contribution >= 4 is 16.9 Å². The predicted octanol–water partition coefficient (Wildman–Crippen LogP) is 2.61. The molecule has 1 amide bonds. The molecule has 0 unspecified atom stereocenters. The second-order valence-electron chi connectivity index (χ2n) is 8.42. The number of likely N-dealkylation sites (N-methyl/N-ethyl adjacent to an activating group) is 1. The Morgan fingerprint density at radius 1 is 1.06 bits per heavy atom. The molecule has 1 saturated heterocycles. The molecule has 0 aliphatic carbocycles. The Labute approximate surface area is 193 Å². The molecule has 1 aliphatic heterocycles. The zero-order chi connectivity index (χ0) is 23.4. The molecule has 3 aromatic rings. The Kier molecular flexibility index (Phi) is 6.89. The van der Waals surface area contributed by atoms with Gasteiger partial charge >= 0.3 is 11.1 Å². The minimum absolute atomic E-state index is 0.0980. The lowest BCUT2D eigenvalue weighted by atomic mass is 10.1. The minimum atomic E-state index is -0.575. The van der Waals surface area contributed by atoms with Crippen molar-refractivity contribution in [1.82, 2.24) is 19.4 Å². The fourth-order valence-corrected chi connectivity index (χ4v) is 4.64. The molecule has 0 radical (unpaired) electrons. The van der Waals surface area contributed by atoms with Gasteiger partial charge in [0.25, 0.3) is 5.91 Å². The molecule has 33 heavy (non-hydrogen) atoms. The Morgan fingerprint density at radius 3 is 2.39 bits per heavy atom. The molecule has 172 valence electrons. The Hall–Kier alpha value is -3.45. The highest BCUT2D eigenvalue weighted by atomic mass is 16.2. The summed E-state index contributed by atoms with van der Waals surface area (Å²) in [7, 11) is 0. The number of carbonyl (C=O) groups is 1. The number of benzene rings is 2. The number of rotatable bonds is 8. The van der Waals surface area contributed by atoms with Gasteiger partial charge in [-0.3, -0.25) is 28.4 Å². The zero-order valence-corrected chi connectivity index (χ0v) is 19.0. The van der Waals surface area contributed by atoms with Gasteiger partial charge in [-0.1, -0.05) is 37.3 Å². The first-order valence-electron chi connectivity index (χ1n) is 11.5. The number of nitrogens with one attached hydrogen (secondary N) is 1. The summed E-state index contributed by atoms with van der Waals surface area (Å²) in [5.41, 5.74) is 1.65. The molecule has 0 bridgehead atoms. The maximum absolute atomic E-state index is 12.8. The standard InChI is InChI=1S/C26H30N4O3/c1-3-15-29-22-9-5-6-10-23(22)30(26(33)25(29)32)18-19-11-13-20(14-12-19)24(31)27-17-21-8-7-16-28(21)4-2/h3,5-6,9-14,21H,1,4,7-8,15-18H2,2H3,(H,27,31)/t21-/m0/s1. The lowest BCUT2D eigenvalue weighted by Crippen LogP contribution is -2.41. The highest BCUT2D eigenvalue weighted by Crippen LogP contribution is 2.16. The molecule has 0 saturated carbocycles. The molecule has 0 spiro atoms. The molecule has 2 heterocycles. The minimum Gasteiger partial charge on any atom is -0.350 e. The number of para-hydroxylation sites is 2. The summed E-state index contributed by atoms with van der Waals surface area (Å²) in [5.74, 6) is -0.0980. The highest BCUT2D eigenvalue weighted by Gasteiger charge is 2.23. The average Bonchev–Trinajstić information content (AvgIpc) is 3.31. The van der Waals surface area contributed by atoms with Crippen LogP contribution in [0.1, 0.15) is 35.7 Å². The van der Waals surface area contributed by atoms with E-state index in [1.807, 2.05) is 36.4 Å². The Balaban J connectivity index is 1.53.